The van der Waals surface area contributed by atoms with Crippen LogP contribution in [0.25, 0.3) is 10.8 Å². The van der Waals surface area contributed by atoms with Crippen LogP contribution in [-0.4, -0.2) is 64.8 Å². The van der Waals surface area contributed by atoms with Crippen LogP contribution in [0.15, 0.2) is 57.2 Å². The van der Waals surface area contributed by atoms with E-state index < -0.39 is 74.1 Å². The molecule has 210 valence electrons. The molecule has 38 heavy (non-hydrogen) atoms. The Labute approximate surface area is 217 Å². The smallest absolute Gasteiger partial charge is 0.397 e. The predicted molar refractivity (Wildman–Crippen MR) is 134 cm³/mol. The highest BCUT2D eigenvalue weighted by Gasteiger charge is 2.22. The highest BCUT2D eigenvalue weighted by atomic mass is 32.3. The number of benzene rings is 3. The molecule has 0 fully saturated rings. The van der Waals surface area contributed by atoms with Crippen LogP contribution in [0.1, 0.15) is 0 Å². The molecule has 0 atom stereocenters. The lowest BCUT2D eigenvalue weighted by atomic mass is 10.1. The van der Waals surface area contributed by atoms with Gasteiger partial charge < -0.3 is 22.3 Å². The zero-order chi connectivity index (χ0) is 29.3. The van der Waals surface area contributed by atoms with Crippen LogP contribution >= 0.6 is 0 Å². The molecule has 0 aliphatic rings. The zero-order valence-corrected chi connectivity index (χ0v) is 22.0. The fourth-order valence-corrected chi connectivity index (χ4v) is 5.61. The lowest BCUT2D eigenvalue weighted by Gasteiger charge is -2.11. The van der Waals surface area contributed by atoms with E-state index in [1.54, 1.807) is 0 Å². The molecule has 0 amide bonds. The molecule has 0 aliphatic carbocycles. The summed E-state index contributed by atoms with van der Waals surface area (Å²) in [7, 11) is -17.6. The van der Waals surface area contributed by atoms with E-state index in [0.29, 0.717) is 5.69 Å². The van der Waals surface area contributed by atoms with Crippen molar-refractivity contribution in [2.45, 2.75) is 14.7 Å². The summed E-state index contributed by atoms with van der Waals surface area (Å²) in [5, 5.41) is 9.64. The van der Waals surface area contributed by atoms with Crippen molar-refractivity contribution in [2.24, 2.45) is 0 Å². The van der Waals surface area contributed by atoms with Crippen LogP contribution < -0.4 is 17.2 Å². The number of hydrogen-bond donors (Lipinski definition) is 7. The Kier molecular flexibility index (Phi) is 8.85. The number of hydrogen-bond acceptors (Lipinski definition) is 13. The minimum atomic E-state index is -4.75. The number of nitrogens with two attached hydrogens (primary N) is 3. The predicted octanol–water partition coefficient (Wildman–Crippen LogP) is 0.0651. The lowest BCUT2D eigenvalue weighted by molar-refractivity contribution is 0.284. The van der Waals surface area contributed by atoms with Crippen molar-refractivity contribution in [3.63, 3.8) is 0 Å². The normalized spacial score (nSPS) is 12.6. The topological polar surface area (TPSA) is 305 Å². The van der Waals surface area contributed by atoms with Gasteiger partial charge in [-0.15, -0.1) is 0 Å². The van der Waals surface area contributed by atoms with Gasteiger partial charge in [-0.25, -0.2) is 12.6 Å². The Morgan fingerprint density at radius 2 is 1.29 bits per heavy atom. The molecule has 0 aromatic heterocycles. The van der Waals surface area contributed by atoms with Crippen molar-refractivity contribution >= 4 is 68.3 Å². The maximum atomic E-state index is 11.6. The van der Waals surface area contributed by atoms with Crippen LogP contribution in [0.3, 0.4) is 0 Å². The summed E-state index contributed by atoms with van der Waals surface area (Å²) < 4.78 is 119. The molecular weight excluding hydrogens is 594 g/mol. The summed E-state index contributed by atoms with van der Waals surface area (Å²) in [6.07, 6.45) is 0. The number of fused-ring (bicyclic) bond motifs is 1. The molecule has 0 heterocycles. The van der Waals surface area contributed by atoms with E-state index in [2.05, 4.69) is 4.18 Å². The Morgan fingerprint density at radius 3 is 1.76 bits per heavy atom. The molecule has 16 nitrogen and oxygen atoms in total. The maximum absolute atomic E-state index is 11.6. The van der Waals surface area contributed by atoms with Gasteiger partial charge >= 0.3 is 10.4 Å². The summed E-state index contributed by atoms with van der Waals surface area (Å²) in [6, 6.07) is 8.03. The monoisotopic (exact) mass is 615 g/mol. The quantitative estimate of drug-likeness (QED) is 0.105. The number of sulfone groups is 1. The van der Waals surface area contributed by atoms with Crippen molar-refractivity contribution in [1.29, 1.82) is 0 Å². The first-order chi connectivity index (χ1) is 17.1. The van der Waals surface area contributed by atoms with Crippen LogP contribution in [0.4, 0.5) is 17.1 Å². The molecule has 0 radical (unpaired) electrons. The van der Waals surface area contributed by atoms with E-state index in [0.717, 1.165) is 18.2 Å². The Balaban J connectivity index is 0.000000273. The average Bonchev–Trinajstić information content (AvgIpc) is 2.74. The Morgan fingerprint density at radius 1 is 0.737 bits per heavy atom. The second-order valence-electron chi connectivity index (χ2n) is 7.34. The van der Waals surface area contributed by atoms with Gasteiger partial charge in [0, 0.05) is 16.8 Å². The van der Waals surface area contributed by atoms with E-state index in [1.165, 1.54) is 24.3 Å². The summed E-state index contributed by atoms with van der Waals surface area (Å²) in [5.41, 5.74) is 15.9. The fourth-order valence-electron chi connectivity index (χ4n) is 2.92. The molecule has 3 rings (SSSR count). The van der Waals surface area contributed by atoms with E-state index in [9.17, 15) is 38.8 Å². The maximum Gasteiger partial charge on any atom is 0.397 e. The van der Waals surface area contributed by atoms with Gasteiger partial charge in [0.25, 0.3) is 20.2 Å². The van der Waals surface area contributed by atoms with Crippen LogP contribution in [0.2, 0.25) is 0 Å². The van der Waals surface area contributed by atoms with Crippen LogP contribution in [0.5, 0.6) is 5.75 Å². The first kappa shape index (κ1) is 31.0. The minimum Gasteiger partial charge on any atom is -0.505 e. The molecule has 0 saturated heterocycles. The Bertz CT molecular complexity index is 1800. The Hall–Kier alpha value is -3.24. The molecule has 0 aliphatic heterocycles. The highest BCUT2D eigenvalue weighted by Crippen LogP contribution is 2.40. The summed E-state index contributed by atoms with van der Waals surface area (Å²) in [6.45, 7) is -0.647. The second kappa shape index (κ2) is 10.9. The molecule has 10 N–H and O–H groups in total. The number of anilines is 3. The molecule has 20 heteroatoms. The van der Waals surface area contributed by atoms with Crippen molar-refractivity contribution in [1.82, 2.24) is 0 Å². The second-order valence-corrected chi connectivity index (χ2v) is 13.3. The third-order valence-corrected chi connectivity index (χ3v) is 8.50. The van der Waals surface area contributed by atoms with Crippen molar-refractivity contribution < 1.29 is 56.6 Å². The third kappa shape index (κ3) is 7.88. The minimum absolute atomic E-state index is 0.00522. The third-order valence-electron chi connectivity index (χ3n) is 4.62. The number of nitrogen functional groups attached to an aromatic ring is 3. The van der Waals surface area contributed by atoms with Gasteiger partial charge in [0.05, 0.1) is 27.8 Å². The molecule has 0 saturated carbocycles. The van der Waals surface area contributed by atoms with Gasteiger partial charge in [0.1, 0.15) is 10.6 Å². The zero-order valence-electron chi connectivity index (χ0n) is 18.8. The average molecular weight is 616 g/mol. The van der Waals surface area contributed by atoms with Gasteiger partial charge in [-0.05, 0) is 47.9 Å². The van der Waals surface area contributed by atoms with Gasteiger partial charge in [-0.2, -0.15) is 25.3 Å². The fraction of sp³-hybridized carbons (Fsp3) is 0.111. The first-order valence-electron chi connectivity index (χ1n) is 9.63. The van der Waals surface area contributed by atoms with E-state index in [1.807, 2.05) is 0 Å². The highest BCUT2D eigenvalue weighted by molar-refractivity contribution is 7.91. The van der Waals surface area contributed by atoms with Crippen molar-refractivity contribution in [3.05, 3.63) is 42.5 Å². The van der Waals surface area contributed by atoms with E-state index >= 15 is 0 Å². The van der Waals surface area contributed by atoms with E-state index in [-0.39, 0.29) is 21.4 Å². The van der Waals surface area contributed by atoms with Gasteiger partial charge in [0.15, 0.2) is 9.84 Å². The van der Waals surface area contributed by atoms with Gasteiger partial charge in [0.2, 0.25) is 0 Å². The number of rotatable bonds is 7. The largest absolute Gasteiger partial charge is 0.505 e. The number of phenols is 1. The van der Waals surface area contributed by atoms with Gasteiger partial charge in [-0.3, -0.25) is 13.7 Å². The molecule has 0 bridgehead atoms. The molecule has 3 aromatic rings. The van der Waals surface area contributed by atoms with E-state index in [4.69, 9.17) is 30.9 Å². The summed E-state index contributed by atoms with van der Waals surface area (Å²) >= 11 is 0. The standard InChI is InChI=1S/C10H10N2O7S2.C8H11NO6S2/c11-6-3-5(20(14,15)16)1-4-2-7(21(17,18)19)9(12)10(13)8(4)6;9-7-1-3-8(4-2-7)16(10,11)6-5-15-17(12,13)14/h1-3,13H,11-12H2,(H,14,15,16)(H,17,18,19);1-4H,5-6,9H2,(H,12,13,14). The summed E-state index contributed by atoms with van der Waals surface area (Å²) in [5.74, 6) is -1.28. The first-order valence-corrected chi connectivity index (χ1v) is 15.5. The van der Waals surface area contributed by atoms with Gasteiger partial charge in [-0.1, -0.05) is 0 Å². The number of phenolic OH excluding ortho intramolecular Hbond substituents is 1. The molecule has 0 spiro atoms. The van der Waals surface area contributed by atoms with Crippen molar-refractivity contribution in [3.8, 4) is 5.75 Å². The number of aromatic hydroxyl groups is 1. The lowest BCUT2D eigenvalue weighted by Crippen LogP contribution is -2.15. The summed E-state index contributed by atoms with van der Waals surface area (Å²) in [4.78, 5) is -1.40. The molecule has 0 unspecified atom stereocenters. The van der Waals surface area contributed by atoms with Crippen LogP contribution in [0, 0.1) is 0 Å². The SMILES string of the molecule is Nc1c(S(=O)(=O)O)cc2cc(S(=O)(=O)O)cc(N)c2c1O.Nc1ccc(S(=O)(=O)CCOS(=O)(=O)O)cc1. The van der Waals surface area contributed by atoms with Crippen molar-refractivity contribution in [2.75, 3.05) is 29.6 Å². The molecule has 3 aromatic carbocycles. The molecular formula is C18H21N3O13S4. The van der Waals surface area contributed by atoms with Crippen LogP contribution in [-0.2, 0) is 44.7 Å².